The monoisotopic (exact) mass is 568 g/mol. The molecule has 4 aliphatic rings. The van der Waals surface area contributed by atoms with Crippen LogP contribution in [0.25, 0.3) is 0 Å². The van der Waals surface area contributed by atoms with Crippen molar-refractivity contribution in [2.24, 2.45) is 17.3 Å². The SMILES string of the molecule is C=C1CC[C@@H](Br)C(C)(C)[C@H]1CCC(C)(O)[C@H]1CC[C@@H]2O[C@]3(C)CC[C@@H](C)C(C)(C)O[C@H]3CC[C@@]2(C)O1. The molecule has 1 aliphatic carbocycles. The predicted molar refractivity (Wildman–Crippen MR) is 151 cm³/mol. The number of hydrogen-bond donors (Lipinski definition) is 1. The number of allylic oxidation sites excluding steroid dienone is 1. The van der Waals surface area contributed by atoms with Gasteiger partial charge in [0.1, 0.15) is 0 Å². The molecule has 0 bridgehead atoms. The molecule has 1 saturated carbocycles. The number of fused-ring (bicyclic) bond motifs is 2. The predicted octanol–water partition coefficient (Wildman–Crippen LogP) is 7.74. The van der Waals surface area contributed by atoms with Gasteiger partial charge in [0, 0.05) is 4.83 Å². The van der Waals surface area contributed by atoms with E-state index in [0.717, 1.165) is 64.2 Å². The smallest absolute Gasteiger partial charge is 0.0921 e. The minimum absolute atomic E-state index is 0.0332. The van der Waals surface area contributed by atoms with Gasteiger partial charge in [0.2, 0.25) is 0 Å². The summed E-state index contributed by atoms with van der Waals surface area (Å²) in [7, 11) is 0. The summed E-state index contributed by atoms with van der Waals surface area (Å²) in [5.41, 5.74) is -0.249. The third kappa shape index (κ3) is 5.40. The number of alkyl halides is 1. The molecule has 0 aromatic carbocycles. The van der Waals surface area contributed by atoms with Crippen molar-refractivity contribution in [3.63, 3.8) is 0 Å². The minimum Gasteiger partial charge on any atom is -0.387 e. The van der Waals surface area contributed by atoms with E-state index in [2.05, 4.69) is 71.0 Å². The molecule has 36 heavy (non-hydrogen) atoms. The standard InChI is InChI=1S/C31H53BrO4/c1-20-10-11-23(32)27(3,4)22(20)15-17-29(7,33)24-12-13-25-31(9,35-24)19-16-26-30(8,36-25)18-14-21(2)28(5,6)34-26/h21-26,33H,1,10-19H2,2-9H3/t21-,22+,23-,24-,25+,26+,29?,30-,31-/m1/s1. The van der Waals surface area contributed by atoms with Crippen molar-refractivity contribution in [2.75, 3.05) is 0 Å². The quantitative estimate of drug-likeness (QED) is 0.278. The Balaban J connectivity index is 1.45. The average molecular weight is 570 g/mol. The Labute approximate surface area is 229 Å². The van der Waals surface area contributed by atoms with Crippen molar-refractivity contribution in [1.29, 1.82) is 0 Å². The summed E-state index contributed by atoms with van der Waals surface area (Å²) in [5.74, 6) is 0.911. The third-order valence-corrected chi connectivity index (χ3v) is 12.7. The van der Waals surface area contributed by atoms with Gasteiger partial charge in [-0.05, 0) is 116 Å². The molecule has 3 aliphatic heterocycles. The van der Waals surface area contributed by atoms with Crippen LogP contribution in [0.3, 0.4) is 0 Å². The summed E-state index contributed by atoms with van der Waals surface area (Å²) in [6.45, 7) is 22.3. The van der Waals surface area contributed by atoms with E-state index in [1.807, 2.05) is 6.92 Å². The number of aliphatic hydroxyl groups is 1. The van der Waals surface area contributed by atoms with Crippen molar-refractivity contribution in [3.05, 3.63) is 12.2 Å². The molecule has 3 heterocycles. The molecule has 0 radical (unpaired) electrons. The summed E-state index contributed by atoms with van der Waals surface area (Å²) in [6, 6.07) is 0. The van der Waals surface area contributed by atoms with Crippen molar-refractivity contribution >= 4 is 15.9 Å². The summed E-state index contributed by atoms with van der Waals surface area (Å²) in [5, 5.41) is 11.7. The minimum atomic E-state index is -0.877. The number of hydrogen-bond acceptors (Lipinski definition) is 4. The number of ether oxygens (including phenoxy) is 3. The van der Waals surface area contributed by atoms with Gasteiger partial charge in [0.15, 0.2) is 0 Å². The molecular formula is C31H53BrO4. The third-order valence-electron chi connectivity index (χ3n) is 11.0. The largest absolute Gasteiger partial charge is 0.387 e. The lowest BCUT2D eigenvalue weighted by atomic mass is 9.64. The van der Waals surface area contributed by atoms with Crippen LogP contribution in [-0.2, 0) is 14.2 Å². The lowest BCUT2D eigenvalue weighted by Gasteiger charge is -2.50. The molecule has 3 saturated heterocycles. The highest BCUT2D eigenvalue weighted by atomic mass is 79.9. The Morgan fingerprint density at radius 2 is 1.53 bits per heavy atom. The zero-order valence-corrected chi connectivity index (χ0v) is 25.9. The van der Waals surface area contributed by atoms with Gasteiger partial charge in [-0.25, -0.2) is 0 Å². The fourth-order valence-corrected chi connectivity index (χ4v) is 8.09. The molecule has 1 unspecified atom stereocenters. The van der Waals surface area contributed by atoms with Gasteiger partial charge in [0.25, 0.3) is 0 Å². The highest BCUT2D eigenvalue weighted by Crippen LogP contribution is 2.51. The van der Waals surface area contributed by atoms with Crippen LogP contribution in [0.1, 0.15) is 120 Å². The van der Waals surface area contributed by atoms with Gasteiger partial charge in [-0.2, -0.15) is 0 Å². The molecule has 4 rings (SSSR count). The first-order chi connectivity index (χ1) is 16.5. The highest BCUT2D eigenvalue weighted by Gasteiger charge is 2.55. The zero-order valence-electron chi connectivity index (χ0n) is 24.3. The second kappa shape index (κ2) is 9.91. The van der Waals surface area contributed by atoms with Crippen molar-refractivity contribution in [1.82, 2.24) is 0 Å². The molecule has 1 N–H and O–H groups in total. The van der Waals surface area contributed by atoms with Gasteiger partial charge in [-0.1, -0.05) is 48.9 Å². The van der Waals surface area contributed by atoms with Crippen molar-refractivity contribution in [2.45, 2.75) is 165 Å². The molecule has 0 aromatic rings. The molecule has 4 fully saturated rings. The zero-order chi connectivity index (χ0) is 26.7. The molecule has 208 valence electrons. The lowest BCUT2D eigenvalue weighted by molar-refractivity contribution is -0.261. The lowest BCUT2D eigenvalue weighted by Crippen LogP contribution is -2.57. The second-order valence-corrected chi connectivity index (χ2v) is 15.6. The van der Waals surface area contributed by atoms with Gasteiger partial charge in [0.05, 0.1) is 40.7 Å². The van der Waals surface area contributed by atoms with Crippen LogP contribution < -0.4 is 0 Å². The van der Waals surface area contributed by atoms with E-state index in [-0.39, 0.29) is 34.9 Å². The van der Waals surface area contributed by atoms with E-state index in [1.54, 1.807) is 0 Å². The molecule has 5 heteroatoms. The Kier molecular flexibility index (Phi) is 8.00. The Bertz CT molecular complexity index is 821. The summed E-state index contributed by atoms with van der Waals surface area (Å²) < 4.78 is 20.6. The Hall–Kier alpha value is 0.0600. The maximum Gasteiger partial charge on any atom is 0.0921 e. The topological polar surface area (TPSA) is 47.9 Å². The maximum atomic E-state index is 11.7. The maximum absolute atomic E-state index is 11.7. The molecular weight excluding hydrogens is 516 g/mol. The van der Waals surface area contributed by atoms with E-state index >= 15 is 0 Å². The number of rotatable bonds is 4. The molecule has 0 amide bonds. The first-order valence-corrected chi connectivity index (χ1v) is 15.5. The van der Waals surface area contributed by atoms with Gasteiger partial charge >= 0.3 is 0 Å². The first-order valence-electron chi connectivity index (χ1n) is 14.6. The molecule has 0 spiro atoms. The second-order valence-electron chi connectivity index (χ2n) is 14.5. The summed E-state index contributed by atoms with van der Waals surface area (Å²) >= 11 is 3.92. The Morgan fingerprint density at radius 1 is 0.917 bits per heavy atom. The van der Waals surface area contributed by atoms with Crippen LogP contribution in [0.15, 0.2) is 12.2 Å². The van der Waals surface area contributed by atoms with E-state index in [1.165, 1.54) is 5.57 Å². The highest BCUT2D eigenvalue weighted by molar-refractivity contribution is 9.09. The molecule has 9 atom stereocenters. The normalized spacial score (nSPS) is 46.6. The van der Waals surface area contributed by atoms with Crippen LogP contribution in [0.4, 0.5) is 0 Å². The summed E-state index contributed by atoms with van der Waals surface area (Å²) in [6.07, 6.45) is 9.50. The summed E-state index contributed by atoms with van der Waals surface area (Å²) in [4.78, 5) is 0.489. The van der Waals surface area contributed by atoms with E-state index in [0.29, 0.717) is 16.7 Å². The fraction of sp³-hybridized carbons (Fsp3) is 0.935. The van der Waals surface area contributed by atoms with Gasteiger partial charge in [-0.15, -0.1) is 0 Å². The first kappa shape index (κ1) is 29.1. The van der Waals surface area contributed by atoms with E-state index in [4.69, 9.17) is 14.2 Å². The van der Waals surface area contributed by atoms with Crippen LogP contribution >= 0.6 is 15.9 Å². The van der Waals surface area contributed by atoms with E-state index in [9.17, 15) is 5.11 Å². The van der Waals surface area contributed by atoms with Crippen LogP contribution in [0.2, 0.25) is 0 Å². The average Bonchev–Trinajstić information content (AvgIpc) is 2.93. The molecule has 4 nitrogen and oxygen atoms in total. The fourth-order valence-electron chi connectivity index (χ4n) is 7.55. The van der Waals surface area contributed by atoms with E-state index < -0.39 is 11.2 Å². The van der Waals surface area contributed by atoms with Gasteiger partial charge in [-0.3, -0.25) is 0 Å². The number of halogens is 1. The van der Waals surface area contributed by atoms with Gasteiger partial charge < -0.3 is 19.3 Å². The Morgan fingerprint density at radius 3 is 2.22 bits per heavy atom. The molecule has 0 aromatic heterocycles. The van der Waals surface area contributed by atoms with Crippen LogP contribution in [0, 0.1) is 17.3 Å². The van der Waals surface area contributed by atoms with Crippen molar-refractivity contribution in [3.8, 4) is 0 Å². The van der Waals surface area contributed by atoms with Crippen LogP contribution in [0.5, 0.6) is 0 Å². The van der Waals surface area contributed by atoms with Crippen molar-refractivity contribution < 1.29 is 19.3 Å². The van der Waals surface area contributed by atoms with Crippen LogP contribution in [-0.4, -0.2) is 50.6 Å².